The third-order valence-corrected chi connectivity index (χ3v) is 4.40. The Morgan fingerprint density at radius 1 is 1.28 bits per heavy atom. The van der Waals surface area contributed by atoms with Gasteiger partial charge >= 0.3 is 0 Å². The highest BCUT2D eigenvalue weighted by Crippen LogP contribution is 2.32. The molecule has 1 N–H and O–H groups in total. The van der Waals surface area contributed by atoms with E-state index in [1.807, 2.05) is 0 Å². The Balaban J connectivity index is 1.73. The average molecular weight is 242 g/mol. The van der Waals surface area contributed by atoms with Gasteiger partial charge < -0.3 is 5.32 Å². The molecule has 2 heteroatoms. The predicted octanol–water partition coefficient (Wildman–Crippen LogP) is 2.57. The van der Waals surface area contributed by atoms with Crippen LogP contribution in [0.4, 0.5) is 0 Å². The summed E-state index contributed by atoms with van der Waals surface area (Å²) in [6, 6.07) is 12.9. The second kappa shape index (κ2) is 5.25. The standard InChI is InChI=1S/C16H22N2/c1-2-6-15-16-10-9-14(11-17-15)18(16)12-13-7-4-3-5-8-13/h2-5,7-8,14-17H,1,6,9-12H2/t14?,15?,16-/m0/s1. The van der Waals surface area contributed by atoms with Crippen LogP contribution < -0.4 is 5.32 Å². The predicted molar refractivity (Wildman–Crippen MR) is 75.4 cm³/mol. The lowest BCUT2D eigenvalue weighted by Crippen LogP contribution is -2.57. The zero-order valence-electron chi connectivity index (χ0n) is 10.9. The van der Waals surface area contributed by atoms with Crippen molar-refractivity contribution in [2.45, 2.75) is 43.9 Å². The largest absolute Gasteiger partial charge is 0.311 e. The highest BCUT2D eigenvalue weighted by atomic mass is 15.3. The van der Waals surface area contributed by atoms with Gasteiger partial charge in [-0.3, -0.25) is 4.90 Å². The van der Waals surface area contributed by atoms with E-state index in [0.717, 1.165) is 25.6 Å². The summed E-state index contributed by atoms with van der Waals surface area (Å²) in [5.41, 5.74) is 1.44. The molecule has 2 fully saturated rings. The first kappa shape index (κ1) is 11.9. The number of nitrogens with one attached hydrogen (secondary N) is 1. The first-order valence-electron chi connectivity index (χ1n) is 7.02. The molecule has 0 spiro atoms. The van der Waals surface area contributed by atoms with Crippen molar-refractivity contribution >= 4 is 0 Å². The van der Waals surface area contributed by atoms with E-state index in [2.05, 4.69) is 53.2 Å². The van der Waals surface area contributed by atoms with E-state index in [-0.39, 0.29) is 0 Å². The van der Waals surface area contributed by atoms with E-state index in [1.165, 1.54) is 18.4 Å². The lowest BCUT2D eigenvalue weighted by molar-refractivity contribution is 0.109. The summed E-state index contributed by atoms with van der Waals surface area (Å²) in [4.78, 5) is 2.71. The SMILES string of the molecule is C=CCC1NCC2CC[C@@H]1N2Cc1ccccc1. The normalized spacial score (nSPS) is 31.4. The zero-order chi connectivity index (χ0) is 12.4. The maximum atomic E-state index is 3.89. The second-order valence-corrected chi connectivity index (χ2v) is 5.50. The minimum Gasteiger partial charge on any atom is -0.311 e. The Morgan fingerprint density at radius 2 is 2.11 bits per heavy atom. The van der Waals surface area contributed by atoms with Crippen molar-refractivity contribution in [2.75, 3.05) is 6.54 Å². The van der Waals surface area contributed by atoms with Gasteiger partial charge in [0.15, 0.2) is 0 Å². The maximum absolute atomic E-state index is 3.89. The molecule has 0 saturated carbocycles. The van der Waals surface area contributed by atoms with Crippen LogP contribution >= 0.6 is 0 Å². The van der Waals surface area contributed by atoms with Crippen LogP contribution in [-0.4, -0.2) is 29.6 Å². The van der Waals surface area contributed by atoms with Crippen LogP contribution in [0.15, 0.2) is 43.0 Å². The molecule has 0 radical (unpaired) electrons. The number of fused-ring (bicyclic) bond motifs is 2. The van der Waals surface area contributed by atoms with Gasteiger partial charge in [0.2, 0.25) is 0 Å². The Hall–Kier alpha value is -1.12. The molecule has 2 saturated heterocycles. The smallest absolute Gasteiger partial charge is 0.0259 e. The van der Waals surface area contributed by atoms with Gasteiger partial charge in [-0.1, -0.05) is 36.4 Å². The molecular formula is C16H22N2. The lowest BCUT2D eigenvalue weighted by Gasteiger charge is -2.40. The van der Waals surface area contributed by atoms with Crippen LogP contribution in [0.3, 0.4) is 0 Å². The molecule has 3 rings (SSSR count). The third-order valence-electron chi connectivity index (χ3n) is 4.40. The summed E-state index contributed by atoms with van der Waals surface area (Å²) >= 11 is 0. The number of hydrogen-bond donors (Lipinski definition) is 1. The van der Waals surface area contributed by atoms with E-state index in [1.54, 1.807) is 0 Å². The molecule has 96 valence electrons. The molecule has 0 amide bonds. The summed E-state index contributed by atoms with van der Waals surface area (Å²) in [5.74, 6) is 0. The minimum atomic E-state index is 0.602. The van der Waals surface area contributed by atoms with Crippen molar-refractivity contribution in [3.63, 3.8) is 0 Å². The van der Waals surface area contributed by atoms with Crippen LogP contribution in [0.2, 0.25) is 0 Å². The van der Waals surface area contributed by atoms with E-state index in [0.29, 0.717) is 12.1 Å². The molecule has 1 aromatic rings. The molecule has 0 aromatic heterocycles. The monoisotopic (exact) mass is 242 g/mol. The van der Waals surface area contributed by atoms with Crippen molar-refractivity contribution in [2.24, 2.45) is 0 Å². The highest BCUT2D eigenvalue weighted by Gasteiger charge is 2.41. The van der Waals surface area contributed by atoms with Gasteiger partial charge in [0.05, 0.1) is 0 Å². The molecule has 0 aliphatic carbocycles. The lowest BCUT2D eigenvalue weighted by atomic mass is 10.0. The van der Waals surface area contributed by atoms with Gasteiger partial charge in [0.25, 0.3) is 0 Å². The average Bonchev–Trinajstić information content (AvgIpc) is 2.67. The van der Waals surface area contributed by atoms with Gasteiger partial charge in [-0.25, -0.2) is 0 Å². The molecule has 2 nitrogen and oxygen atoms in total. The van der Waals surface area contributed by atoms with Gasteiger partial charge in [-0.15, -0.1) is 6.58 Å². The van der Waals surface area contributed by atoms with Crippen molar-refractivity contribution in [3.05, 3.63) is 48.6 Å². The van der Waals surface area contributed by atoms with Crippen molar-refractivity contribution in [1.82, 2.24) is 10.2 Å². The first-order chi connectivity index (χ1) is 8.88. The van der Waals surface area contributed by atoms with Crippen molar-refractivity contribution in [1.29, 1.82) is 0 Å². The number of piperazine rings is 1. The maximum Gasteiger partial charge on any atom is 0.0259 e. The van der Waals surface area contributed by atoms with E-state index < -0.39 is 0 Å². The fraction of sp³-hybridized carbons (Fsp3) is 0.500. The molecular weight excluding hydrogens is 220 g/mol. The number of benzene rings is 1. The van der Waals surface area contributed by atoms with Gasteiger partial charge in [0, 0.05) is 31.2 Å². The highest BCUT2D eigenvalue weighted by molar-refractivity contribution is 5.16. The number of rotatable bonds is 4. The summed E-state index contributed by atoms with van der Waals surface area (Å²) in [6.07, 6.45) is 5.82. The molecule has 2 heterocycles. The molecule has 2 aliphatic rings. The second-order valence-electron chi connectivity index (χ2n) is 5.50. The zero-order valence-corrected chi connectivity index (χ0v) is 10.9. The van der Waals surface area contributed by atoms with E-state index >= 15 is 0 Å². The number of nitrogens with zero attached hydrogens (tertiary/aromatic N) is 1. The summed E-state index contributed by atoms with van der Waals surface area (Å²) in [6.45, 7) is 6.13. The minimum absolute atomic E-state index is 0.602. The van der Waals surface area contributed by atoms with Crippen molar-refractivity contribution in [3.8, 4) is 0 Å². The van der Waals surface area contributed by atoms with E-state index in [4.69, 9.17) is 0 Å². The molecule has 2 bridgehead atoms. The third kappa shape index (κ3) is 2.23. The van der Waals surface area contributed by atoms with Gasteiger partial charge in [-0.05, 0) is 24.8 Å². The fourth-order valence-corrected chi connectivity index (χ4v) is 3.50. The Bertz CT molecular complexity index is 401. The summed E-state index contributed by atoms with van der Waals surface area (Å²) < 4.78 is 0. The van der Waals surface area contributed by atoms with Crippen LogP contribution in [-0.2, 0) is 6.54 Å². The Labute approximate surface area is 110 Å². The molecule has 2 aliphatic heterocycles. The van der Waals surface area contributed by atoms with Crippen molar-refractivity contribution < 1.29 is 0 Å². The van der Waals surface area contributed by atoms with Crippen LogP contribution in [0.25, 0.3) is 0 Å². The van der Waals surface area contributed by atoms with Gasteiger partial charge in [0.1, 0.15) is 0 Å². The summed E-state index contributed by atoms with van der Waals surface area (Å²) in [5, 5.41) is 3.68. The topological polar surface area (TPSA) is 15.3 Å². The fourth-order valence-electron chi connectivity index (χ4n) is 3.50. The van der Waals surface area contributed by atoms with Crippen LogP contribution in [0, 0.1) is 0 Å². The number of hydrogen-bond acceptors (Lipinski definition) is 2. The van der Waals surface area contributed by atoms with Crippen LogP contribution in [0.5, 0.6) is 0 Å². The molecule has 3 atom stereocenters. The van der Waals surface area contributed by atoms with Crippen LogP contribution in [0.1, 0.15) is 24.8 Å². The Morgan fingerprint density at radius 3 is 2.89 bits per heavy atom. The quantitative estimate of drug-likeness (QED) is 0.816. The Kier molecular flexibility index (Phi) is 3.48. The molecule has 1 aromatic carbocycles. The summed E-state index contributed by atoms with van der Waals surface area (Å²) in [7, 11) is 0. The molecule has 18 heavy (non-hydrogen) atoms. The van der Waals surface area contributed by atoms with Gasteiger partial charge in [-0.2, -0.15) is 0 Å². The first-order valence-corrected chi connectivity index (χ1v) is 7.02. The molecule has 2 unspecified atom stereocenters. The van der Waals surface area contributed by atoms with E-state index in [9.17, 15) is 0 Å².